The van der Waals surface area contributed by atoms with E-state index in [-0.39, 0.29) is 12.8 Å². The number of nitrogens with zero attached hydrogens (tertiary/aromatic N) is 4. The molecule has 3 N–H and O–H groups in total. The standard InChI is InChI=1S/C12H15N5O3/c18-4-8-7(19)3-9(20-8)17-6-14-10-11-13-1-2-16(11)5-15-12(10)17/h1-2,6-9,13,18-19H,3-5H2/t7-,8+,9+/m0/s1. The number of ether oxygens (including phenoxy) is 1. The van der Waals surface area contributed by atoms with Gasteiger partial charge in [0.05, 0.1) is 19.0 Å². The fourth-order valence-corrected chi connectivity index (χ4v) is 2.77. The molecule has 0 radical (unpaired) electrons. The van der Waals surface area contributed by atoms with Gasteiger partial charge in [0, 0.05) is 18.8 Å². The predicted octanol–water partition coefficient (Wildman–Crippen LogP) is -2.44. The van der Waals surface area contributed by atoms with Crippen molar-refractivity contribution in [1.29, 1.82) is 0 Å². The normalized spacial score (nSPS) is 31.0. The molecular weight excluding hydrogens is 262 g/mol. The van der Waals surface area contributed by atoms with Crippen molar-refractivity contribution in [1.82, 2.24) is 19.8 Å². The van der Waals surface area contributed by atoms with Gasteiger partial charge in [0.25, 0.3) is 0 Å². The number of aliphatic hydroxyl groups excluding tert-OH is 2. The summed E-state index contributed by atoms with van der Waals surface area (Å²) in [7, 11) is 0. The third kappa shape index (κ3) is 1.59. The van der Waals surface area contributed by atoms with Crippen molar-refractivity contribution in [3.8, 4) is 0 Å². The molecule has 1 aromatic rings. The fourth-order valence-electron chi connectivity index (χ4n) is 2.77. The average Bonchev–Trinajstić information content (AvgIpc) is 3.13. The van der Waals surface area contributed by atoms with E-state index in [0.717, 1.165) is 16.7 Å². The summed E-state index contributed by atoms with van der Waals surface area (Å²) >= 11 is 0. The molecule has 8 heteroatoms. The topological polar surface area (TPSA) is 95.1 Å². The summed E-state index contributed by atoms with van der Waals surface area (Å²) in [6.07, 6.45) is 4.30. The van der Waals surface area contributed by atoms with Gasteiger partial charge in [-0.25, -0.2) is 9.98 Å². The van der Waals surface area contributed by atoms with Gasteiger partial charge in [-0.05, 0) is 0 Å². The predicted molar refractivity (Wildman–Crippen MR) is 67.0 cm³/mol. The van der Waals surface area contributed by atoms with E-state index >= 15 is 0 Å². The SMILES string of the molecule is OC[C@H]1O[C@@H](n2cnc3c2=NCN2C=CNC=32)C[C@@H]1O. The highest BCUT2D eigenvalue weighted by molar-refractivity contribution is 5.45. The van der Waals surface area contributed by atoms with E-state index in [1.807, 2.05) is 21.9 Å². The molecule has 4 heterocycles. The molecule has 0 saturated carbocycles. The van der Waals surface area contributed by atoms with Gasteiger partial charge in [0.15, 0.2) is 5.49 Å². The van der Waals surface area contributed by atoms with Gasteiger partial charge in [-0.15, -0.1) is 0 Å². The molecule has 3 atom stereocenters. The van der Waals surface area contributed by atoms with Crippen molar-refractivity contribution < 1.29 is 14.9 Å². The molecule has 0 bridgehead atoms. The summed E-state index contributed by atoms with van der Waals surface area (Å²) in [6.45, 7) is 0.332. The van der Waals surface area contributed by atoms with Crippen LogP contribution < -0.4 is 16.2 Å². The van der Waals surface area contributed by atoms with Crippen LogP contribution in [-0.2, 0) is 4.74 Å². The molecule has 0 spiro atoms. The van der Waals surface area contributed by atoms with Crippen LogP contribution in [0, 0.1) is 0 Å². The lowest BCUT2D eigenvalue weighted by atomic mass is 10.2. The largest absolute Gasteiger partial charge is 0.394 e. The zero-order valence-electron chi connectivity index (χ0n) is 10.7. The summed E-state index contributed by atoms with van der Waals surface area (Å²) < 4.78 is 7.47. The summed E-state index contributed by atoms with van der Waals surface area (Å²) in [5, 5.41) is 22.9. The van der Waals surface area contributed by atoms with Crippen LogP contribution in [0.3, 0.4) is 0 Å². The molecule has 8 nitrogen and oxygen atoms in total. The van der Waals surface area contributed by atoms with Crippen molar-refractivity contribution in [3.05, 3.63) is 29.6 Å². The Kier molecular flexibility index (Phi) is 2.56. The first kappa shape index (κ1) is 11.9. The van der Waals surface area contributed by atoms with Crippen molar-refractivity contribution in [3.63, 3.8) is 0 Å². The number of hydrogen-bond acceptors (Lipinski definition) is 7. The van der Waals surface area contributed by atoms with Crippen molar-refractivity contribution in [2.45, 2.75) is 24.9 Å². The van der Waals surface area contributed by atoms with E-state index in [9.17, 15) is 5.11 Å². The molecule has 0 amide bonds. The maximum absolute atomic E-state index is 9.83. The van der Waals surface area contributed by atoms with Crippen molar-refractivity contribution in [2.75, 3.05) is 13.3 Å². The van der Waals surface area contributed by atoms with E-state index in [0.29, 0.717) is 13.1 Å². The molecule has 1 saturated heterocycles. The van der Waals surface area contributed by atoms with Crippen LogP contribution in [0.5, 0.6) is 0 Å². The first-order valence-electron chi connectivity index (χ1n) is 6.54. The number of aliphatic hydroxyl groups is 2. The van der Waals surface area contributed by atoms with Gasteiger partial charge < -0.3 is 25.2 Å². The molecule has 0 aliphatic carbocycles. The van der Waals surface area contributed by atoms with Crippen LogP contribution in [0.25, 0.3) is 5.82 Å². The lowest BCUT2D eigenvalue weighted by molar-refractivity contribution is -0.0456. The second-order valence-corrected chi connectivity index (χ2v) is 5.02. The highest BCUT2D eigenvalue weighted by Gasteiger charge is 2.35. The molecule has 3 aliphatic heterocycles. The second-order valence-electron chi connectivity index (χ2n) is 5.02. The van der Waals surface area contributed by atoms with Gasteiger partial charge in [0.2, 0.25) is 0 Å². The summed E-state index contributed by atoms with van der Waals surface area (Å²) in [5.41, 5.74) is 0.739. The number of nitrogens with one attached hydrogen (secondary N) is 1. The molecule has 1 fully saturated rings. The average molecular weight is 277 g/mol. The minimum Gasteiger partial charge on any atom is -0.394 e. The van der Waals surface area contributed by atoms with Gasteiger partial charge in [-0.1, -0.05) is 0 Å². The van der Waals surface area contributed by atoms with Gasteiger partial charge >= 0.3 is 0 Å². The monoisotopic (exact) mass is 277 g/mol. The van der Waals surface area contributed by atoms with Crippen LogP contribution >= 0.6 is 0 Å². The summed E-state index contributed by atoms with van der Waals surface area (Å²) in [6, 6.07) is 0. The number of aromatic nitrogens is 2. The Hall–Kier alpha value is -1.90. The maximum Gasteiger partial charge on any atom is 0.162 e. The molecule has 0 unspecified atom stereocenters. The summed E-state index contributed by atoms with van der Waals surface area (Å²) in [4.78, 5) is 10.9. The molecule has 20 heavy (non-hydrogen) atoms. The minimum absolute atomic E-state index is 0.192. The Morgan fingerprint density at radius 2 is 2.40 bits per heavy atom. The minimum atomic E-state index is -0.665. The van der Waals surface area contributed by atoms with E-state index in [1.165, 1.54) is 0 Å². The number of hydrogen-bond donors (Lipinski definition) is 3. The highest BCUT2D eigenvalue weighted by atomic mass is 16.5. The Balaban J connectivity index is 1.75. The highest BCUT2D eigenvalue weighted by Crippen LogP contribution is 2.27. The van der Waals surface area contributed by atoms with E-state index in [2.05, 4.69) is 15.3 Å². The number of imidazole rings is 1. The maximum atomic E-state index is 9.83. The van der Waals surface area contributed by atoms with E-state index < -0.39 is 12.2 Å². The number of fused-ring (bicyclic) bond motifs is 2. The molecule has 4 rings (SSSR count). The zero-order valence-corrected chi connectivity index (χ0v) is 10.7. The molecule has 106 valence electrons. The van der Waals surface area contributed by atoms with E-state index in [1.54, 1.807) is 6.33 Å². The van der Waals surface area contributed by atoms with Gasteiger partial charge in [-0.3, -0.25) is 4.57 Å². The van der Waals surface area contributed by atoms with Crippen LogP contribution in [0.1, 0.15) is 12.6 Å². The second kappa shape index (κ2) is 4.30. The lowest BCUT2D eigenvalue weighted by Crippen LogP contribution is -2.43. The van der Waals surface area contributed by atoms with Crippen molar-refractivity contribution >= 4 is 5.82 Å². The Labute approximate surface area is 114 Å². The first-order chi connectivity index (χ1) is 9.78. The Bertz CT molecular complexity index is 682. The van der Waals surface area contributed by atoms with Crippen LogP contribution in [-0.4, -0.2) is 50.1 Å². The third-order valence-corrected chi connectivity index (χ3v) is 3.82. The first-order valence-corrected chi connectivity index (χ1v) is 6.54. The molecule has 3 aliphatic rings. The van der Waals surface area contributed by atoms with Gasteiger partial charge in [0.1, 0.15) is 30.2 Å². The Morgan fingerprint density at radius 1 is 1.50 bits per heavy atom. The fraction of sp³-hybridized carbons (Fsp3) is 0.500. The van der Waals surface area contributed by atoms with Crippen LogP contribution in [0.2, 0.25) is 0 Å². The lowest BCUT2D eigenvalue weighted by Gasteiger charge is -2.18. The number of rotatable bonds is 2. The molecular formula is C12H15N5O3. The van der Waals surface area contributed by atoms with Crippen LogP contribution in [0.4, 0.5) is 0 Å². The quantitative estimate of drug-likeness (QED) is 0.556. The van der Waals surface area contributed by atoms with Crippen LogP contribution in [0.15, 0.2) is 23.7 Å². The van der Waals surface area contributed by atoms with Gasteiger partial charge in [-0.2, -0.15) is 0 Å². The third-order valence-electron chi connectivity index (χ3n) is 3.82. The zero-order chi connectivity index (χ0) is 13.7. The van der Waals surface area contributed by atoms with E-state index in [4.69, 9.17) is 9.84 Å². The summed E-state index contributed by atoms with van der Waals surface area (Å²) in [5.74, 6) is 0.908. The smallest absolute Gasteiger partial charge is 0.162 e. The molecule has 1 aromatic heterocycles. The van der Waals surface area contributed by atoms with Crippen molar-refractivity contribution in [2.24, 2.45) is 4.99 Å². The Morgan fingerprint density at radius 3 is 3.20 bits per heavy atom. The molecule has 0 aromatic carbocycles.